The topological polar surface area (TPSA) is 42.4 Å². The molecule has 1 heterocycles. The summed E-state index contributed by atoms with van der Waals surface area (Å²) >= 11 is 7.24. The van der Waals surface area contributed by atoms with Crippen molar-refractivity contribution < 1.29 is 13.9 Å². The van der Waals surface area contributed by atoms with Gasteiger partial charge in [-0.1, -0.05) is 28.9 Å². The Balaban J connectivity index is 1.72. The largest absolute Gasteiger partial charge is 0.460 e. The molecular weight excluding hydrogens is 363 g/mol. The van der Waals surface area contributed by atoms with Gasteiger partial charge in [0.25, 0.3) is 11.1 Å². The molecule has 0 atom stereocenters. The number of halogens is 2. The minimum absolute atomic E-state index is 0.0588. The third kappa shape index (κ3) is 4.08. The van der Waals surface area contributed by atoms with Crippen molar-refractivity contribution in [2.45, 2.75) is 0 Å². The molecule has 4 nitrogen and oxygen atoms in total. The number of fused-ring (bicyclic) bond motifs is 1. The smallest absolute Gasteiger partial charge is 0.274 e. The van der Waals surface area contributed by atoms with Crippen molar-refractivity contribution in [3.63, 3.8) is 0 Å². The molecule has 0 bridgehead atoms. The van der Waals surface area contributed by atoms with Crippen LogP contribution in [0.5, 0.6) is 5.19 Å². The number of thiazole rings is 1. The number of amides is 1. The number of carbonyl (C=O) groups excluding carboxylic acids is 1. The maximum atomic E-state index is 13.1. The van der Waals surface area contributed by atoms with E-state index in [1.54, 1.807) is 18.2 Å². The maximum absolute atomic E-state index is 13.1. The second-order valence-electron chi connectivity index (χ2n) is 5.04. The van der Waals surface area contributed by atoms with Crippen LogP contribution in [0.2, 0.25) is 5.02 Å². The van der Waals surface area contributed by atoms with E-state index in [1.165, 1.54) is 40.5 Å². The summed E-state index contributed by atoms with van der Waals surface area (Å²) in [6.45, 7) is -0.171. The van der Waals surface area contributed by atoms with Gasteiger partial charge in [0, 0.05) is 10.7 Å². The molecular formula is C18H12ClFN2O2S. The van der Waals surface area contributed by atoms with Crippen molar-refractivity contribution in [2.24, 2.45) is 0 Å². The van der Waals surface area contributed by atoms with Gasteiger partial charge < -0.3 is 4.74 Å². The first kappa shape index (κ1) is 17.2. The van der Waals surface area contributed by atoms with E-state index in [0.29, 0.717) is 15.9 Å². The molecule has 1 aromatic heterocycles. The molecule has 3 rings (SSSR count). The van der Waals surface area contributed by atoms with Crippen LogP contribution >= 0.6 is 22.9 Å². The van der Waals surface area contributed by atoms with E-state index in [0.717, 1.165) is 10.2 Å². The van der Waals surface area contributed by atoms with Gasteiger partial charge >= 0.3 is 0 Å². The van der Waals surface area contributed by atoms with Gasteiger partial charge in [-0.3, -0.25) is 9.69 Å². The van der Waals surface area contributed by atoms with Crippen molar-refractivity contribution in [2.75, 3.05) is 18.1 Å². The third-order valence-electron chi connectivity index (χ3n) is 3.34. The first-order valence-corrected chi connectivity index (χ1v) is 8.44. The van der Waals surface area contributed by atoms with Gasteiger partial charge in [-0.15, -0.1) is 6.42 Å². The molecule has 1 amide bonds. The normalized spacial score (nSPS) is 10.4. The molecule has 0 spiro atoms. The average molecular weight is 375 g/mol. The van der Waals surface area contributed by atoms with E-state index in [-0.39, 0.29) is 24.9 Å². The van der Waals surface area contributed by atoms with Crippen molar-refractivity contribution in [1.82, 2.24) is 4.98 Å². The molecule has 0 radical (unpaired) electrons. The highest BCUT2D eigenvalue weighted by atomic mass is 35.5. The van der Waals surface area contributed by atoms with E-state index in [1.807, 2.05) is 0 Å². The summed E-state index contributed by atoms with van der Waals surface area (Å²) in [5.74, 6) is 1.68. The minimum atomic E-state index is -0.388. The fraction of sp³-hybridized carbons (Fsp3) is 0.111. The molecule has 2 aromatic carbocycles. The number of anilines is 1. The average Bonchev–Trinajstić information content (AvgIpc) is 3.00. The van der Waals surface area contributed by atoms with Crippen LogP contribution in [0.4, 0.5) is 10.1 Å². The predicted molar refractivity (Wildman–Crippen MR) is 97.7 cm³/mol. The molecule has 0 saturated heterocycles. The fourth-order valence-corrected chi connectivity index (χ4v) is 3.27. The zero-order valence-corrected chi connectivity index (χ0v) is 14.5. The molecule has 0 fully saturated rings. The fourth-order valence-electron chi connectivity index (χ4n) is 2.18. The summed E-state index contributed by atoms with van der Waals surface area (Å²) in [5.41, 5.74) is 1.25. The molecule has 3 aromatic rings. The Bertz CT molecular complexity index is 950. The molecule has 0 aliphatic heterocycles. The zero-order valence-electron chi connectivity index (χ0n) is 12.9. The first-order valence-electron chi connectivity index (χ1n) is 7.25. The lowest BCUT2D eigenvalue weighted by Crippen LogP contribution is -2.35. The number of ether oxygens (including phenoxy) is 1. The van der Waals surface area contributed by atoms with Crippen LogP contribution in [0.1, 0.15) is 0 Å². The van der Waals surface area contributed by atoms with Crippen molar-refractivity contribution in [1.29, 1.82) is 0 Å². The Labute approximate surface area is 152 Å². The zero-order chi connectivity index (χ0) is 17.8. The Morgan fingerprint density at radius 2 is 2.08 bits per heavy atom. The number of aromatic nitrogens is 1. The van der Waals surface area contributed by atoms with E-state index in [4.69, 9.17) is 22.8 Å². The number of rotatable bonds is 5. The van der Waals surface area contributed by atoms with Crippen molar-refractivity contribution in [3.05, 3.63) is 53.3 Å². The van der Waals surface area contributed by atoms with Crippen LogP contribution in [0.15, 0.2) is 42.5 Å². The summed E-state index contributed by atoms with van der Waals surface area (Å²) in [5, 5.41) is 0.973. The molecule has 0 unspecified atom stereocenters. The monoisotopic (exact) mass is 374 g/mol. The second kappa shape index (κ2) is 7.51. The van der Waals surface area contributed by atoms with Gasteiger partial charge in [0.2, 0.25) is 0 Å². The summed E-state index contributed by atoms with van der Waals surface area (Å²) in [7, 11) is 0. The Morgan fingerprint density at radius 1 is 1.32 bits per heavy atom. The van der Waals surface area contributed by atoms with E-state index < -0.39 is 0 Å². The summed E-state index contributed by atoms with van der Waals surface area (Å²) in [6, 6.07) is 10.8. The van der Waals surface area contributed by atoms with E-state index in [9.17, 15) is 9.18 Å². The maximum Gasteiger partial charge on any atom is 0.274 e. The number of hydrogen-bond acceptors (Lipinski definition) is 4. The number of hydrogen-bond donors (Lipinski definition) is 0. The van der Waals surface area contributed by atoms with Gasteiger partial charge in [0.1, 0.15) is 5.82 Å². The summed E-state index contributed by atoms with van der Waals surface area (Å²) in [6.07, 6.45) is 5.33. The Hall–Kier alpha value is -2.62. The van der Waals surface area contributed by atoms with Gasteiger partial charge in [-0.05, 0) is 42.5 Å². The minimum Gasteiger partial charge on any atom is -0.460 e. The quantitative estimate of drug-likeness (QED) is 0.630. The SMILES string of the molecule is C#CCN(C(=O)COc1nc2ccc(Cl)cc2s1)c1ccc(F)cc1. The number of carbonyl (C=O) groups is 1. The molecule has 0 aliphatic carbocycles. The lowest BCUT2D eigenvalue weighted by molar-refractivity contribution is -0.120. The molecule has 0 saturated carbocycles. The molecule has 25 heavy (non-hydrogen) atoms. The molecule has 126 valence electrons. The molecule has 0 aliphatic rings. The van der Waals surface area contributed by atoms with E-state index >= 15 is 0 Å². The third-order valence-corrected chi connectivity index (χ3v) is 4.50. The first-order chi connectivity index (χ1) is 12.1. The lowest BCUT2D eigenvalue weighted by Gasteiger charge is -2.20. The van der Waals surface area contributed by atoms with Crippen LogP contribution in [-0.2, 0) is 4.79 Å². The Morgan fingerprint density at radius 3 is 2.80 bits per heavy atom. The van der Waals surface area contributed by atoms with Gasteiger partial charge in [-0.25, -0.2) is 9.37 Å². The van der Waals surface area contributed by atoms with Crippen LogP contribution in [0.3, 0.4) is 0 Å². The van der Waals surface area contributed by atoms with Gasteiger partial charge in [-0.2, -0.15) is 0 Å². The highest BCUT2D eigenvalue weighted by molar-refractivity contribution is 7.20. The highest BCUT2D eigenvalue weighted by Gasteiger charge is 2.16. The van der Waals surface area contributed by atoms with Crippen LogP contribution in [0.25, 0.3) is 10.2 Å². The molecule has 0 N–H and O–H groups in total. The Kier molecular flexibility index (Phi) is 5.17. The summed E-state index contributed by atoms with van der Waals surface area (Å²) in [4.78, 5) is 18.1. The van der Waals surface area contributed by atoms with Crippen LogP contribution in [0, 0.1) is 18.2 Å². The van der Waals surface area contributed by atoms with Crippen molar-refractivity contribution in [3.8, 4) is 17.5 Å². The van der Waals surface area contributed by atoms with Gasteiger partial charge in [0.05, 0.1) is 16.8 Å². The van der Waals surface area contributed by atoms with Crippen LogP contribution in [-0.4, -0.2) is 24.0 Å². The lowest BCUT2D eigenvalue weighted by atomic mass is 10.2. The molecule has 7 heteroatoms. The van der Waals surface area contributed by atoms with E-state index in [2.05, 4.69) is 10.9 Å². The second-order valence-corrected chi connectivity index (χ2v) is 6.47. The predicted octanol–water partition coefficient (Wildman–Crippen LogP) is 4.13. The van der Waals surface area contributed by atoms with Gasteiger partial charge in [0.15, 0.2) is 6.61 Å². The number of benzene rings is 2. The highest BCUT2D eigenvalue weighted by Crippen LogP contribution is 2.29. The standard InChI is InChI=1S/C18H12ClFN2O2S/c1-2-9-22(14-6-4-13(20)5-7-14)17(23)11-24-18-21-15-8-3-12(19)10-16(15)25-18/h1,3-8,10H,9,11H2. The number of terminal acetylenes is 1. The summed E-state index contributed by atoms with van der Waals surface area (Å²) < 4.78 is 19.4. The van der Waals surface area contributed by atoms with Crippen molar-refractivity contribution >= 4 is 44.7 Å². The number of nitrogens with zero attached hydrogens (tertiary/aromatic N) is 2. The van der Waals surface area contributed by atoms with Crippen LogP contribution < -0.4 is 9.64 Å².